The Morgan fingerprint density at radius 1 is 1.11 bits per heavy atom. The highest BCUT2D eigenvalue weighted by Gasteiger charge is 2.17. The van der Waals surface area contributed by atoms with Gasteiger partial charge in [-0.2, -0.15) is 0 Å². The number of rotatable bonds is 1. The smallest absolute Gasteiger partial charge is 0.133 e. The fourth-order valence-corrected chi connectivity index (χ4v) is 2.35. The molecule has 2 N–H and O–H groups in total. The summed E-state index contributed by atoms with van der Waals surface area (Å²) in [5, 5.41) is 0. The van der Waals surface area contributed by atoms with Crippen LogP contribution in [-0.4, -0.2) is 6.61 Å². The number of halogens is 1. The molecule has 0 atom stereocenters. The molecule has 1 aliphatic heterocycles. The van der Waals surface area contributed by atoms with Crippen LogP contribution in [0.15, 0.2) is 36.4 Å². The molecule has 0 radical (unpaired) electrons. The van der Waals surface area contributed by atoms with Crippen molar-refractivity contribution in [3.05, 3.63) is 47.8 Å². The average Bonchev–Trinajstić information content (AvgIpc) is 2.38. The second-order valence-corrected chi connectivity index (χ2v) is 4.49. The van der Waals surface area contributed by atoms with Crippen LogP contribution >= 0.6 is 0 Å². The van der Waals surface area contributed by atoms with E-state index in [9.17, 15) is 4.39 Å². The molecule has 2 aromatic rings. The highest BCUT2D eigenvalue weighted by atomic mass is 19.1. The van der Waals surface area contributed by atoms with Crippen molar-refractivity contribution in [2.45, 2.75) is 12.8 Å². The minimum Gasteiger partial charge on any atom is -0.493 e. The Bertz CT molecular complexity index is 595. The number of fused-ring (bicyclic) bond motifs is 1. The zero-order valence-corrected chi connectivity index (χ0v) is 9.95. The van der Waals surface area contributed by atoms with E-state index in [4.69, 9.17) is 10.5 Å². The van der Waals surface area contributed by atoms with Crippen molar-refractivity contribution in [3.8, 4) is 16.9 Å². The van der Waals surface area contributed by atoms with Crippen LogP contribution < -0.4 is 10.5 Å². The van der Waals surface area contributed by atoms with Gasteiger partial charge in [-0.3, -0.25) is 0 Å². The summed E-state index contributed by atoms with van der Waals surface area (Å²) in [6.45, 7) is 0.695. The van der Waals surface area contributed by atoms with Gasteiger partial charge < -0.3 is 10.5 Å². The summed E-state index contributed by atoms with van der Waals surface area (Å²) in [4.78, 5) is 0. The van der Waals surface area contributed by atoms with E-state index in [1.54, 1.807) is 12.1 Å². The van der Waals surface area contributed by atoms with Crippen LogP contribution in [0.1, 0.15) is 12.0 Å². The lowest BCUT2D eigenvalue weighted by molar-refractivity contribution is 0.289. The molecule has 92 valence electrons. The van der Waals surface area contributed by atoms with E-state index in [0.29, 0.717) is 17.9 Å². The Hall–Kier alpha value is -2.03. The second kappa shape index (κ2) is 4.33. The lowest BCUT2D eigenvalue weighted by Crippen LogP contribution is -2.09. The van der Waals surface area contributed by atoms with Gasteiger partial charge in [-0.25, -0.2) is 4.39 Å². The lowest BCUT2D eigenvalue weighted by atomic mass is 9.97. The first kappa shape index (κ1) is 11.1. The van der Waals surface area contributed by atoms with Crippen molar-refractivity contribution in [1.82, 2.24) is 0 Å². The molecule has 0 amide bonds. The average molecular weight is 243 g/mol. The molecule has 0 aliphatic carbocycles. The summed E-state index contributed by atoms with van der Waals surface area (Å²) in [5.74, 6) is 0.505. The monoisotopic (exact) mass is 243 g/mol. The summed E-state index contributed by atoms with van der Waals surface area (Å²) in [6.07, 6.45) is 2.00. The number of para-hydroxylation sites is 1. The summed E-state index contributed by atoms with van der Waals surface area (Å²) in [5.41, 5.74) is 8.51. The molecule has 0 fully saturated rings. The Kier molecular flexibility index (Phi) is 2.67. The Balaban J connectivity index is 2.17. The fourth-order valence-electron chi connectivity index (χ4n) is 2.35. The molecule has 2 aromatic carbocycles. The molecule has 0 saturated carbocycles. The van der Waals surface area contributed by atoms with E-state index >= 15 is 0 Å². The van der Waals surface area contributed by atoms with Gasteiger partial charge in [0.25, 0.3) is 0 Å². The third-order valence-corrected chi connectivity index (χ3v) is 3.22. The molecule has 3 heteroatoms. The zero-order valence-electron chi connectivity index (χ0n) is 9.95. The number of benzene rings is 2. The molecule has 0 unspecified atom stereocenters. The van der Waals surface area contributed by atoms with Crippen molar-refractivity contribution in [2.24, 2.45) is 0 Å². The van der Waals surface area contributed by atoms with Crippen LogP contribution in [0.3, 0.4) is 0 Å². The van der Waals surface area contributed by atoms with E-state index in [0.717, 1.165) is 29.7 Å². The summed E-state index contributed by atoms with van der Waals surface area (Å²) >= 11 is 0. The first-order valence-corrected chi connectivity index (χ1v) is 6.06. The maximum absolute atomic E-state index is 14.0. The molecule has 0 bridgehead atoms. The third kappa shape index (κ3) is 1.82. The minimum atomic E-state index is -0.308. The maximum atomic E-state index is 14.0. The predicted molar refractivity (Wildman–Crippen MR) is 70.1 cm³/mol. The van der Waals surface area contributed by atoms with Crippen molar-refractivity contribution in [3.63, 3.8) is 0 Å². The lowest BCUT2D eigenvalue weighted by Gasteiger charge is -2.20. The van der Waals surface area contributed by atoms with Crippen molar-refractivity contribution < 1.29 is 9.13 Å². The fraction of sp³-hybridized carbons (Fsp3) is 0.200. The quantitative estimate of drug-likeness (QED) is 0.779. The Morgan fingerprint density at radius 2 is 2.00 bits per heavy atom. The molecule has 0 aromatic heterocycles. The molecule has 2 nitrogen and oxygen atoms in total. The van der Waals surface area contributed by atoms with Gasteiger partial charge in [0, 0.05) is 16.8 Å². The molecular weight excluding hydrogens is 229 g/mol. The highest BCUT2D eigenvalue weighted by Crippen LogP contribution is 2.37. The summed E-state index contributed by atoms with van der Waals surface area (Å²) in [7, 11) is 0. The largest absolute Gasteiger partial charge is 0.493 e. The van der Waals surface area contributed by atoms with Gasteiger partial charge in [-0.15, -0.1) is 0 Å². The first-order chi connectivity index (χ1) is 8.75. The van der Waals surface area contributed by atoms with Crippen LogP contribution in [-0.2, 0) is 6.42 Å². The number of aryl methyl sites for hydroxylation is 1. The van der Waals surface area contributed by atoms with Gasteiger partial charge in [0.2, 0.25) is 0 Å². The van der Waals surface area contributed by atoms with Gasteiger partial charge in [0.05, 0.1) is 6.61 Å². The topological polar surface area (TPSA) is 35.2 Å². The van der Waals surface area contributed by atoms with Gasteiger partial charge >= 0.3 is 0 Å². The Morgan fingerprint density at radius 3 is 2.83 bits per heavy atom. The van der Waals surface area contributed by atoms with E-state index in [-0.39, 0.29) is 5.82 Å². The van der Waals surface area contributed by atoms with E-state index in [2.05, 4.69) is 0 Å². The van der Waals surface area contributed by atoms with Crippen LogP contribution in [0, 0.1) is 5.82 Å². The third-order valence-electron chi connectivity index (χ3n) is 3.22. The summed E-state index contributed by atoms with van der Waals surface area (Å²) in [6, 6.07) is 10.6. The van der Waals surface area contributed by atoms with Crippen LogP contribution in [0.5, 0.6) is 5.75 Å². The maximum Gasteiger partial charge on any atom is 0.133 e. The van der Waals surface area contributed by atoms with Crippen molar-refractivity contribution in [2.75, 3.05) is 12.3 Å². The normalized spacial score (nSPS) is 13.8. The van der Waals surface area contributed by atoms with Crippen molar-refractivity contribution >= 4 is 5.69 Å². The molecule has 0 spiro atoms. The molecular formula is C15H14FNO. The first-order valence-electron chi connectivity index (χ1n) is 6.06. The van der Waals surface area contributed by atoms with E-state index < -0.39 is 0 Å². The molecule has 1 heterocycles. The van der Waals surface area contributed by atoms with E-state index in [1.165, 1.54) is 6.07 Å². The predicted octanol–water partition coefficient (Wildman–Crippen LogP) is 3.40. The number of nitrogens with two attached hydrogens (primary N) is 1. The number of anilines is 1. The van der Waals surface area contributed by atoms with Crippen LogP contribution in [0.2, 0.25) is 0 Å². The van der Waals surface area contributed by atoms with Gasteiger partial charge in [-0.05, 0) is 36.6 Å². The molecule has 18 heavy (non-hydrogen) atoms. The SMILES string of the molecule is Nc1ccc(-c2cccc3c2OCCC3)c(F)c1. The second-order valence-electron chi connectivity index (χ2n) is 4.49. The van der Waals surface area contributed by atoms with Gasteiger partial charge in [-0.1, -0.05) is 18.2 Å². The standard InChI is InChI=1S/C15H14FNO/c16-14-9-11(17)6-7-12(14)13-5-1-3-10-4-2-8-18-15(10)13/h1,3,5-7,9H,2,4,8,17H2. The number of hydrogen-bond acceptors (Lipinski definition) is 2. The highest BCUT2D eigenvalue weighted by molar-refractivity contribution is 5.74. The van der Waals surface area contributed by atoms with Crippen LogP contribution in [0.4, 0.5) is 10.1 Å². The number of ether oxygens (including phenoxy) is 1. The number of hydrogen-bond donors (Lipinski definition) is 1. The van der Waals surface area contributed by atoms with Gasteiger partial charge in [0.1, 0.15) is 11.6 Å². The molecule has 0 saturated heterocycles. The molecule has 3 rings (SSSR count). The zero-order chi connectivity index (χ0) is 12.5. The van der Waals surface area contributed by atoms with Crippen LogP contribution in [0.25, 0.3) is 11.1 Å². The van der Waals surface area contributed by atoms with Crippen molar-refractivity contribution in [1.29, 1.82) is 0 Å². The summed E-state index contributed by atoms with van der Waals surface area (Å²) < 4.78 is 19.7. The minimum absolute atomic E-state index is 0.308. The molecule has 1 aliphatic rings. The van der Waals surface area contributed by atoms with Gasteiger partial charge in [0.15, 0.2) is 0 Å². The number of nitrogen functional groups attached to an aromatic ring is 1. The Labute approximate surface area is 105 Å². The van der Waals surface area contributed by atoms with E-state index in [1.807, 2.05) is 18.2 Å².